The molecule has 0 heteroatoms. The molecule has 0 nitrogen and oxygen atoms in total. The normalized spacial score (nSPS) is 12.9. The van der Waals surface area contributed by atoms with E-state index in [2.05, 4.69) is 231 Å². The van der Waals surface area contributed by atoms with Crippen LogP contribution in [0.5, 0.6) is 0 Å². The molecule has 0 amide bonds. The summed E-state index contributed by atoms with van der Waals surface area (Å²) in [5, 5.41) is 0. The summed E-state index contributed by atoms with van der Waals surface area (Å²) in [4.78, 5) is 0. The highest BCUT2D eigenvalue weighted by Gasteiger charge is 2.26. The van der Waals surface area contributed by atoms with Gasteiger partial charge in [-0.1, -0.05) is 225 Å². The van der Waals surface area contributed by atoms with Crippen molar-refractivity contribution in [3.05, 3.63) is 155 Å². The van der Waals surface area contributed by atoms with Crippen molar-refractivity contribution in [1.29, 1.82) is 0 Å². The highest BCUT2D eigenvalue weighted by Crippen LogP contribution is 2.51. The third-order valence-electron chi connectivity index (χ3n) is 11.6. The Bertz CT molecular complexity index is 2140. The minimum atomic E-state index is 0.0480. The Labute approximate surface area is 340 Å². The molecule has 0 atom stereocenters. The van der Waals surface area contributed by atoms with Crippen molar-refractivity contribution in [3.8, 4) is 55.6 Å². The summed E-state index contributed by atoms with van der Waals surface area (Å²) in [6.45, 7) is 34.4. The smallest absolute Gasteiger partial charge is 0.00143 e. The molecule has 0 saturated heterocycles. The van der Waals surface area contributed by atoms with E-state index in [-0.39, 0.29) is 27.1 Å². The van der Waals surface area contributed by atoms with E-state index in [1.165, 1.54) is 83.5 Å². The summed E-state index contributed by atoms with van der Waals surface area (Å²) in [6, 6.07) is 49.4. The molecular formula is C56H66. The van der Waals surface area contributed by atoms with Gasteiger partial charge in [0.2, 0.25) is 0 Å². The molecule has 0 saturated carbocycles. The van der Waals surface area contributed by atoms with Crippen molar-refractivity contribution in [3.63, 3.8) is 0 Å². The Morgan fingerprint density at radius 1 is 0.214 bits per heavy atom. The molecule has 0 N–H and O–H groups in total. The quantitative estimate of drug-likeness (QED) is 0.165. The maximum Gasteiger partial charge on any atom is -0.00143 e. The van der Waals surface area contributed by atoms with Crippen LogP contribution in [-0.4, -0.2) is 0 Å². The largest absolute Gasteiger partial charge is 0.0579 e. The lowest BCUT2D eigenvalue weighted by Crippen LogP contribution is -2.11. The molecule has 0 spiro atoms. The zero-order valence-electron chi connectivity index (χ0n) is 37.1. The van der Waals surface area contributed by atoms with Crippen molar-refractivity contribution < 1.29 is 0 Å². The Morgan fingerprint density at radius 2 is 0.393 bits per heavy atom. The van der Waals surface area contributed by atoms with Gasteiger partial charge in [0.05, 0.1) is 0 Å². The van der Waals surface area contributed by atoms with Crippen LogP contribution in [0.2, 0.25) is 0 Å². The molecule has 0 aliphatic heterocycles. The van der Waals surface area contributed by atoms with Gasteiger partial charge in [0, 0.05) is 0 Å². The van der Waals surface area contributed by atoms with E-state index in [1.54, 1.807) is 0 Å². The van der Waals surface area contributed by atoms with Crippen molar-refractivity contribution in [2.24, 2.45) is 0 Å². The minimum absolute atomic E-state index is 0.0480. The fourth-order valence-electron chi connectivity index (χ4n) is 7.74. The molecule has 6 aromatic carbocycles. The van der Waals surface area contributed by atoms with Gasteiger partial charge in [-0.2, -0.15) is 0 Å². The lowest BCUT2D eigenvalue weighted by atomic mass is 9.76. The summed E-state index contributed by atoms with van der Waals surface area (Å²) >= 11 is 0. The van der Waals surface area contributed by atoms with E-state index in [0.717, 1.165) is 0 Å². The van der Waals surface area contributed by atoms with Gasteiger partial charge in [0.15, 0.2) is 0 Å². The van der Waals surface area contributed by atoms with Gasteiger partial charge >= 0.3 is 0 Å². The van der Waals surface area contributed by atoms with E-state index >= 15 is 0 Å². The van der Waals surface area contributed by atoms with Crippen LogP contribution in [0.25, 0.3) is 55.6 Å². The average molecular weight is 739 g/mol. The second-order valence-corrected chi connectivity index (χ2v) is 21.2. The predicted octanol–water partition coefficient (Wildman–Crippen LogP) is 16.5. The molecule has 0 aromatic heterocycles. The first kappa shape index (κ1) is 41.0. The van der Waals surface area contributed by atoms with Crippen molar-refractivity contribution in [2.45, 2.75) is 131 Å². The van der Waals surface area contributed by atoms with Gasteiger partial charge in [0.1, 0.15) is 0 Å². The van der Waals surface area contributed by atoms with Crippen LogP contribution < -0.4 is 0 Å². The SMILES string of the molecule is CC(C)(C)c1ccc(-c2cc(-c3ccc(C(C)(C)C)cc3)c(-c3ccc(C(C)(C)C)cc3)c(-c3ccc(C(C)(C)C)cc3)c2-c2ccc(C(C)(C)C)cc2)cc1. The van der Waals surface area contributed by atoms with Crippen molar-refractivity contribution in [2.75, 3.05) is 0 Å². The average Bonchev–Trinajstić information content (AvgIpc) is 3.12. The molecule has 0 unspecified atom stereocenters. The van der Waals surface area contributed by atoms with Crippen LogP contribution in [0.1, 0.15) is 132 Å². The number of rotatable bonds is 5. The van der Waals surface area contributed by atoms with Crippen LogP contribution in [0, 0.1) is 0 Å². The molecule has 0 heterocycles. The van der Waals surface area contributed by atoms with Gasteiger partial charge in [0.25, 0.3) is 0 Å². The second kappa shape index (κ2) is 14.7. The van der Waals surface area contributed by atoms with Gasteiger partial charge in [-0.15, -0.1) is 0 Å². The van der Waals surface area contributed by atoms with Gasteiger partial charge < -0.3 is 0 Å². The first-order valence-electron chi connectivity index (χ1n) is 20.7. The van der Waals surface area contributed by atoms with E-state index < -0.39 is 0 Å². The number of hydrogen-bond donors (Lipinski definition) is 0. The topological polar surface area (TPSA) is 0 Å². The van der Waals surface area contributed by atoms with Crippen LogP contribution in [0.15, 0.2) is 127 Å². The van der Waals surface area contributed by atoms with Crippen LogP contribution in [-0.2, 0) is 27.1 Å². The molecule has 0 aliphatic carbocycles. The fourth-order valence-corrected chi connectivity index (χ4v) is 7.74. The molecule has 290 valence electrons. The van der Waals surface area contributed by atoms with Crippen molar-refractivity contribution >= 4 is 0 Å². The molecule has 6 rings (SSSR count). The molecule has 0 aliphatic rings. The monoisotopic (exact) mass is 739 g/mol. The minimum Gasteiger partial charge on any atom is -0.0579 e. The predicted molar refractivity (Wildman–Crippen MR) is 247 cm³/mol. The van der Waals surface area contributed by atoms with Gasteiger partial charge in [-0.3, -0.25) is 0 Å². The lowest BCUT2D eigenvalue weighted by molar-refractivity contribution is 0.590. The maximum absolute atomic E-state index is 2.49. The zero-order valence-corrected chi connectivity index (χ0v) is 37.1. The summed E-state index contributed by atoms with van der Waals surface area (Å²) in [7, 11) is 0. The standard InChI is InChI=1S/C56H66/c1-52(2,3)42-26-16-37(17-27-42)47-36-48(38-18-28-43(29-19-38)53(4,5)6)50(40-22-32-45(33-23-40)55(10,11)12)51(41-24-34-46(35-25-41)56(13,14)15)49(47)39-20-30-44(31-21-39)54(7,8)9/h16-36H,1-15H3. The molecular weight excluding hydrogens is 673 g/mol. The maximum atomic E-state index is 2.49. The first-order chi connectivity index (χ1) is 25.9. The van der Waals surface area contributed by atoms with Gasteiger partial charge in [-0.05, 0) is 117 Å². The highest BCUT2D eigenvalue weighted by atomic mass is 14.3. The van der Waals surface area contributed by atoms with Crippen LogP contribution in [0.4, 0.5) is 0 Å². The van der Waals surface area contributed by atoms with E-state index in [9.17, 15) is 0 Å². The Kier molecular flexibility index (Phi) is 10.7. The summed E-state index contributed by atoms with van der Waals surface area (Å²) < 4.78 is 0. The van der Waals surface area contributed by atoms with E-state index in [4.69, 9.17) is 0 Å². The Hall–Kier alpha value is -4.68. The van der Waals surface area contributed by atoms with Crippen molar-refractivity contribution in [1.82, 2.24) is 0 Å². The summed E-state index contributed by atoms with van der Waals surface area (Å²) in [6.07, 6.45) is 0. The Morgan fingerprint density at radius 3 is 0.589 bits per heavy atom. The molecule has 0 bridgehead atoms. The molecule has 6 aromatic rings. The Balaban J connectivity index is 1.81. The third kappa shape index (κ3) is 8.66. The highest BCUT2D eigenvalue weighted by molar-refractivity contribution is 6.07. The number of hydrogen-bond acceptors (Lipinski definition) is 0. The lowest BCUT2D eigenvalue weighted by Gasteiger charge is -2.27. The molecule has 56 heavy (non-hydrogen) atoms. The second-order valence-electron chi connectivity index (χ2n) is 21.2. The summed E-state index contributed by atoms with van der Waals surface area (Å²) in [5.41, 5.74) is 19.4. The third-order valence-corrected chi connectivity index (χ3v) is 11.6. The van der Waals surface area contributed by atoms with E-state index in [1.807, 2.05) is 0 Å². The molecule has 0 fully saturated rings. The van der Waals surface area contributed by atoms with Crippen LogP contribution in [0.3, 0.4) is 0 Å². The van der Waals surface area contributed by atoms with Crippen LogP contribution >= 0.6 is 0 Å². The first-order valence-corrected chi connectivity index (χ1v) is 20.7. The molecule has 0 radical (unpaired) electrons. The zero-order chi connectivity index (χ0) is 41.0. The summed E-state index contributed by atoms with van der Waals surface area (Å²) in [5.74, 6) is 0. The number of benzene rings is 6. The van der Waals surface area contributed by atoms with Gasteiger partial charge in [-0.25, -0.2) is 0 Å². The fraction of sp³-hybridized carbons (Fsp3) is 0.357. The van der Waals surface area contributed by atoms with E-state index in [0.29, 0.717) is 0 Å².